The van der Waals surface area contributed by atoms with Gasteiger partial charge in [0.2, 0.25) is 0 Å². The molecule has 108 valence electrons. The fourth-order valence-corrected chi connectivity index (χ4v) is 3.19. The van der Waals surface area contributed by atoms with E-state index in [1.807, 2.05) is 24.3 Å². The average molecular weight is 346 g/mol. The van der Waals surface area contributed by atoms with Crippen LogP contribution in [0.4, 0.5) is 5.69 Å². The number of hydrogen-bond donors (Lipinski definition) is 2. The Balaban J connectivity index is 1.59. The Kier molecular flexibility index (Phi) is 4.36. The molecule has 2 aromatic carbocycles. The summed E-state index contributed by atoms with van der Waals surface area (Å²) in [6, 6.07) is 16.2. The highest BCUT2D eigenvalue weighted by Crippen LogP contribution is 2.15. The lowest BCUT2D eigenvalue weighted by Gasteiger charge is -2.25. The van der Waals surface area contributed by atoms with E-state index in [2.05, 4.69) is 45.5 Å². The predicted octanol–water partition coefficient (Wildman–Crippen LogP) is 2.03. The summed E-state index contributed by atoms with van der Waals surface area (Å²) >= 11 is 3.41. The third kappa shape index (κ3) is 3.71. The topological polar surface area (TPSA) is 33.5 Å². The van der Waals surface area contributed by atoms with E-state index in [4.69, 9.17) is 0 Å². The number of carbonyl (C=O) groups excluding carboxylic acids is 1. The van der Waals surface area contributed by atoms with Gasteiger partial charge in [-0.05, 0) is 23.8 Å². The first kappa shape index (κ1) is 14.3. The molecule has 1 heterocycles. The first-order chi connectivity index (χ1) is 10.2. The Bertz CT molecular complexity index is 657. The van der Waals surface area contributed by atoms with E-state index >= 15 is 0 Å². The van der Waals surface area contributed by atoms with E-state index in [1.54, 1.807) is 0 Å². The number of anilines is 1. The summed E-state index contributed by atoms with van der Waals surface area (Å²) in [6.45, 7) is 2.46. The molecule has 4 heteroatoms. The minimum atomic E-state index is 0.0717. The fourth-order valence-electron chi connectivity index (χ4n) is 2.79. The summed E-state index contributed by atoms with van der Waals surface area (Å²) in [5.41, 5.74) is 3.63. The van der Waals surface area contributed by atoms with Crippen molar-refractivity contribution < 1.29 is 9.69 Å². The molecule has 3 rings (SSSR count). The van der Waals surface area contributed by atoms with Crippen molar-refractivity contribution in [3.63, 3.8) is 0 Å². The molecule has 0 saturated carbocycles. The van der Waals surface area contributed by atoms with Crippen LogP contribution in [0.2, 0.25) is 0 Å². The molecule has 1 aliphatic heterocycles. The lowest BCUT2D eigenvalue weighted by Crippen LogP contribution is -3.12. The Hall–Kier alpha value is -1.65. The lowest BCUT2D eigenvalue weighted by atomic mass is 10.00. The van der Waals surface area contributed by atoms with Gasteiger partial charge in [0.15, 0.2) is 6.54 Å². The van der Waals surface area contributed by atoms with Crippen molar-refractivity contribution in [3.8, 4) is 0 Å². The van der Waals surface area contributed by atoms with E-state index in [0.29, 0.717) is 6.54 Å². The molecule has 2 N–H and O–H groups in total. The second kappa shape index (κ2) is 6.41. The van der Waals surface area contributed by atoms with Crippen LogP contribution in [0.1, 0.15) is 11.1 Å². The van der Waals surface area contributed by atoms with E-state index in [0.717, 1.165) is 29.7 Å². The van der Waals surface area contributed by atoms with E-state index in [1.165, 1.54) is 16.0 Å². The molecule has 0 saturated heterocycles. The summed E-state index contributed by atoms with van der Waals surface area (Å²) in [5.74, 6) is 0.0717. The van der Waals surface area contributed by atoms with Crippen LogP contribution < -0.4 is 10.2 Å². The molecular formula is C17H18BrN2O+. The number of carbonyl (C=O) groups is 1. The van der Waals surface area contributed by atoms with Crippen molar-refractivity contribution in [3.05, 3.63) is 64.1 Å². The Morgan fingerprint density at radius 2 is 1.95 bits per heavy atom. The van der Waals surface area contributed by atoms with Gasteiger partial charge < -0.3 is 10.2 Å². The normalized spacial score (nSPS) is 17.1. The van der Waals surface area contributed by atoms with Crippen molar-refractivity contribution in [2.24, 2.45) is 0 Å². The van der Waals surface area contributed by atoms with Crippen LogP contribution in [-0.2, 0) is 17.8 Å². The van der Waals surface area contributed by atoms with Crippen LogP contribution in [-0.4, -0.2) is 19.0 Å². The van der Waals surface area contributed by atoms with Crippen LogP contribution in [0, 0.1) is 0 Å². The summed E-state index contributed by atoms with van der Waals surface area (Å²) < 4.78 is 0.972. The third-order valence-electron chi connectivity index (χ3n) is 3.83. The molecule has 0 aromatic heterocycles. The first-order valence-corrected chi connectivity index (χ1v) is 7.96. The van der Waals surface area contributed by atoms with Gasteiger partial charge in [-0.1, -0.05) is 46.3 Å². The number of hydrogen-bond acceptors (Lipinski definition) is 1. The van der Waals surface area contributed by atoms with Crippen molar-refractivity contribution in [2.45, 2.75) is 13.0 Å². The van der Waals surface area contributed by atoms with Gasteiger partial charge in [0.05, 0.1) is 6.54 Å². The molecule has 1 amide bonds. The Labute approximate surface area is 133 Å². The molecule has 0 spiro atoms. The van der Waals surface area contributed by atoms with Gasteiger partial charge in [-0.15, -0.1) is 0 Å². The van der Waals surface area contributed by atoms with Crippen LogP contribution in [0.15, 0.2) is 53.0 Å². The summed E-state index contributed by atoms with van der Waals surface area (Å²) in [6.07, 6.45) is 1.05. The minimum Gasteiger partial charge on any atom is -0.323 e. The lowest BCUT2D eigenvalue weighted by molar-refractivity contribution is -0.907. The maximum atomic E-state index is 12.2. The number of rotatable bonds is 3. The van der Waals surface area contributed by atoms with Crippen LogP contribution in [0.5, 0.6) is 0 Å². The molecular weight excluding hydrogens is 328 g/mol. The standard InChI is InChI=1S/C17H17BrN2O/c18-15-6-3-7-16(10-15)19-17(21)12-20-9-8-13-4-1-2-5-14(13)11-20/h1-7,10H,8-9,11-12H2,(H,19,21)/p+1. The molecule has 0 radical (unpaired) electrons. The molecule has 21 heavy (non-hydrogen) atoms. The van der Waals surface area contributed by atoms with Crippen LogP contribution >= 0.6 is 15.9 Å². The second-order valence-electron chi connectivity index (χ2n) is 5.43. The third-order valence-corrected chi connectivity index (χ3v) is 4.32. The highest BCUT2D eigenvalue weighted by Gasteiger charge is 2.21. The fraction of sp³-hybridized carbons (Fsp3) is 0.235. The molecule has 2 aromatic rings. The number of fused-ring (bicyclic) bond motifs is 1. The molecule has 0 fully saturated rings. The summed E-state index contributed by atoms with van der Waals surface area (Å²) in [7, 11) is 0. The van der Waals surface area contributed by atoms with Crippen molar-refractivity contribution >= 4 is 27.5 Å². The van der Waals surface area contributed by atoms with Crippen molar-refractivity contribution in [2.75, 3.05) is 18.4 Å². The van der Waals surface area contributed by atoms with Gasteiger partial charge >= 0.3 is 0 Å². The van der Waals surface area contributed by atoms with E-state index < -0.39 is 0 Å². The zero-order valence-electron chi connectivity index (χ0n) is 11.7. The molecule has 3 nitrogen and oxygen atoms in total. The molecule has 1 atom stereocenters. The Morgan fingerprint density at radius 3 is 2.76 bits per heavy atom. The quantitative estimate of drug-likeness (QED) is 0.876. The Morgan fingerprint density at radius 1 is 1.14 bits per heavy atom. The van der Waals surface area contributed by atoms with E-state index in [9.17, 15) is 4.79 Å². The SMILES string of the molecule is O=C(C[NH+]1CCc2ccccc2C1)Nc1cccc(Br)c1. The first-order valence-electron chi connectivity index (χ1n) is 7.16. The number of benzene rings is 2. The second-order valence-corrected chi connectivity index (χ2v) is 6.35. The zero-order valence-corrected chi connectivity index (χ0v) is 13.3. The van der Waals surface area contributed by atoms with Gasteiger partial charge in [-0.3, -0.25) is 4.79 Å². The number of halogens is 1. The van der Waals surface area contributed by atoms with Crippen LogP contribution in [0.3, 0.4) is 0 Å². The molecule has 1 aliphatic rings. The molecule has 1 unspecified atom stereocenters. The average Bonchev–Trinajstić information content (AvgIpc) is 2.47. The van der Waals surface area contributed by atoms with Gasteiger partial charge in [0.25, 0.3) is 5.91 Å². The maximum Gasteiger partial charge on any atom is 0.279 e. The highest BCUT2D eigenvalue weighted by molar-refractivity contribution is 9.10. The smallest absolute Gasteiger partial charge is 0.279 e. The van der Waals surface area contributed by atoms with Crippen molar-refractivity contribution in [1.29, 1.82) is 0 Å². The van der Waals surface area contributed by atoms with Gasteiger partial charge in [-0.25, -0.2) is 0 Å². The molecule has 0 aliphatic carbocycles. The predicted molar refractivity (Wildman–Crippen MR) is 87.3 cm³/mol. The number of amides is 1. The van der Waals surface area contributed by atoms with Gasteiger partial charge in [0, 0.05) is 22.1 Å². The summed E-state index contributed by atoms with van der Waals surface area (Å²) in [5, 5.41) is 2.96. The zero-order chi connectivity index (χ0) is 14.7. The van der Waals surface area contributed by atoms with E-state index in [-0.39, 0.29) is 5.91 Å². The highest BCUT2D eigenvalue weighted by atomic mass is 79.9. The largest absolute Gasteiger partial charge is 0.323 e. The number of nitrogens with one attached hydrogen (secondary N) is 2. The maximum absolute atomic E-state index is 12.2. The van der Waals surface area contributed by atoms with Gasteiger partial charge in [-0.2, -0.15) is 0 Å². The van der Waals surface area contributed by atoms with Crippen LogP contribution in [0.25, 0.3) is 0 Å². The summed E-state index contributed by atoms with van der Waals surface area (Å²) in [4.78, 5) is 13.5. The number of quaternary nitrogens is 1. The molecule has 0 bridgehead atoms. The monoisotopic (exact) mass is 345 g/mol. The van der Waals surface area contributed by atoms with Crippen molar-refractivity contribution in [1.82, 2.24) is 0 Å². The van der Waals surface area contributed by atoms with Gasteiger partial charge in [0.1, 0.15) is 6.54 Å². The minimum absolute atomic E-state index is 0.0717.